The Morgan fingerprint density at radius 3 is 1.50 bits per heavy atom. The van der Waals surface area contributed by atoms with Crippen LogP contribution in [0.5, 0.6) is 0 Å². The predicted octanol–water partition coefficient (Wildman–Crippen LogP) is 2.45. The van der Waals surface area contributed by atoms with E-state index in [4.69, 9.17) is 0 Å². The maximum Gasteiger partial charge on any atom is 0.396 e. The van der Waals surface area contributed by atoms with E-state index in [0.717, 1.165) is 22.7 Å². The smallest absolute Gasteiger partial charge is 0.296 e. The van der Waals surface area contributed by atoms with Crippen molar-refractivity contribution in [3.05, 3.63) is 23.2 Å². The van der Waals surface area contributed by atoms with Crippen LogP contribution in [0.2, 0.25) is 0 Å². The maximum absolute atomic E-state index is 13.6. The van der Waals surface area contributed by atoms with Crippen molar-refractivity contribution >= 4 is 44.8 Å². The number of rotatable bonds is 5. The lowest BCUT2D eigenvalue weighted by Crippen LogP contribution is -2.56. The summed E-state index contributed by atoms with van der Waals surface area (Å²) < 4.78 is 54.4. The summed E-state index contributed by atoms with van der Waals surface area (Å²) in [4.78, 5) is 29.6. The summed E-state index contributed by atoms with van der Waals surface area (Å²) in [7, 11) is 0. The van der Waals surface area contributed by atoms with Crippen molar-refractivity contribution in [2.24, 2.45) is 0 Å². The van der Waals surface area contributed by atoms with Gasteiger partial charge in [0, 0.05) is 23.2 Å². The summed E-state index contributed by atoms with van der Waals surface area (Å²) in [6, 6.07) is 0. The van der Waals surface area contributed by atoms with Gasteiger partial charge >= 0.3 is 23.7 Å². The van der Waals surface area contributed by atoms with Crippen molar-refractivity contribution in [1.82, 2.24) is 9.97 Å². The van der Waals surface area contributed by atoms with Gasteiger partial charge in [-0.25, -0.2) is 9.97 Å². The zero-order valence-corrected chi connectivity index (χ0v) is 12.0. The van der Waals surface area contributed by atoms with E-state index >= 15 is 0 Å². The molecule has 0 unspecified atom stereocenters. The van der Waals surface area contributed by atoms with Crippen LogP contribution in [-0.4, -0.2) is 33.6 Å². The molecule has 6 nitrogen and oxygen atoms in total. The molecule has 2 amide bonds. The normalized spacial score (nSPS) is 12.0. The molecule has 0 saturated heterocycles. The molecule has 0 aliphatic heterocycles. The SMILES string of the molecule is O=C(Nc1nccs1)C(F)(F)C(F)(F)C(=O)Nc1nccs1. The molecule has 0 aliphatic carbocycles. The summed E-state index contributed by atoms with van der Waals surface area (Å²) in [6.07, 6.45) is 2.37. The molecule has 0 aliphatic rings. The molecule has 0 fully saturated rings. The summed E-state index contributed by atoms with van der Waals surface area (Å²) in [5.74, 6) is -15.2. The van der Waals surface area contributed by atoms with Crippen molar-refractivity contribution in [2.75, 3.05) is 10.6 Å². The Bertz CT molecular complexity index is 602. The molecule has 118 valence electrons. The number of nitrogens with zero attached hydrogens (tertiary/aromatic N) is 2. The van der Waals surface area contributed by atoms with Crippen LogP contribution in [0, 0.1) is 0 Å². The van der Waals surface area contributed by atoms with Crippen LogP contribution in [0.4, 0.5) is 27.8 Å². The molecule has 2 aromatic heterocycles. The molecule has 22 heavy (non-hydrogen) atoms. The van der Waals surface area contributed by atoms with Crippen molar-refractivity contribution < 1.29 is 27.2 Å². The molecule has 0 aromatic carbocycles. The van der Waals surface area contributed by atoms with Crippen molar-refractivity contribution in [2.45, 2.75) is 11.8 Å². The lowest BCUT2D eigenvalue weighted by molar-refractivity contribution is -0.204. The van der Waals surface area contributed by atoms with Crippen molar-refractivity contribution in [3.63, 3.8) is 0 Å². The molecule has 0 atom stereocenters. The molecular weight excluding hydrogens is 348 g/mol. The minimum atomic E-state index is -5.26. The summed E-state index contributed by atoms with van der Waals surface area (Å²) in [5.41, 5.74) is 0. The summed E-state index contributed by atoms with van der Waals surface area (Å²) >= 11 is 1.52. The largest absolute Gasteiger partial charge is 0.396 e. The zero-order chi connectivity index (χ0) is 16.4. The van der Waals surface area contributed by atoms with Crippen LogP contribution >= 0.6 is 22.7 Å². The van der Waals surface area contributed by atoms with E-state index in [1.54, 1.807) is 0 Å². The molecule has 12 heteroatoms. The Kier molecular flexibility index (Phi) is 4.42. The first kappa shape index (κ1) is 16.3. The van der Waals surface area contributed by atoms with E-state index in [2.05, 4.69) is 9.97 Å². The fraction of sp³-hybridized carbons (Fsp3) is 0.200. The van der Waals surface area contributed by atoms with Crippen LogP contribution in [0.3, 0.4) is 0 Å². The minimum Gasteiger partial charge on any atom is -0.296 e. The molecule has 2 N–H and O–H groups in total. The molecular formula is C10H6F4N4O2S2. The van der Waals surface area contributed by atoms with Gasteiger partial charge in [0.05, 0.1) is 0 Å². The Hall–Kier alpha value is -2.08. The minimum absolute atomic E-state index is 0.291. The third-order valence-electron chi connectivity index (χ3n) is 2.27. The monoisotopic (exact) mass is 354 g/mol. The van der Waals surface area contributed by atoms with Gasteiger partial charge in [-0.1, -0.05) is 0 Å². The standard InChI is InChI=1S/C10H6F4N4O2S2/c11-9(12,5(19)17-7-15-1-3-21-7)10(13,14)6(20)18-8-16-2-4-22-8/h1-4H,(H,15,17,19)(H,16,18,20). The molecule has 0 bridgehead atoms. The number of amides is 2. The zero-order valence-electron chi connectivity index (χ0n) is 10.3. The quantitative estimate of drug-likeness (QED) is 0.808. The highest BCUT2D eigenvalue weighted by molar-refractivity contribution is 7.14. The van der Waals surface area contributed by atoms with Crippen LogP contribution in [-0.2, 0) is 9.59 Å². The number of carbonyl (C=O) groups excluding carboxylic acids is 2. The lowest BCUT2D eigenvalue weighted by atomic mass is 10.1. The topological polar surface area (TPSA) is 84.0 Å². The fourth-order valence-corrected chi connectivity index (χ4v) is 2.25. The number of carbonyl (C=O) groups is 2. The molecule has 0 radical (unpaired) electrons. The van der Waals surface area contributed by atoms with Crippen LogP contribution < -0.4 is 10.6 Å². The number of alkyl halides is 4. The second kappa shape index (κ2) is 5.96. The Morgan fingerprint density at radius 2 is 1.23 bits per heavy atom. The first-order chi connectivity index (χ1) is 10.2. The van der Waals surface area contributed by atoms with Crippen molar-refractivity contribution in [3.8, 4) is 0 Å². The van der Waals surface area contributed by atoms with Crippen LogP contribution in [0.1, 0.15) is 0 Å². The maximum atomic E-state index is 13.6. The molecule has 2 aromatic rings. The van der Waals surface area contributed by atoms with E-state index in [-0.39, 0.29) is 10.3 Å². The summed E-state index contributed by atoms with van der Waals surface area (Å²) in [6.45, 7) is 0. The number of anilines is 2. The Labute approximate surface area is 128 Å². The lowest BCUT2D eigenvalue weighted by Gasteiger charge is -2.23. The third kappa shape index (κ3) is 3.06. The van der Waals surface area contributed by atoms with Crippen LogP contribution in [0.25, 0.3) is 0 Å². The average molecular weight is 354 g/mol. The summed E-state index contributed by atoms with van der Waals surface area (Å²) in [5, 5.41) is 5.17. The second-order valence-electron chi connectivity index (χ2n) is 3.73. The van der Waals surface area contributed by atoms with Gasteiger partial charge < -0.3 is 0 Å². The third-order valence-corrected chi connectivity index (χ3v) is 3.65. The van der Waals surface area contributed by atoms with Crippen molar-refractivity contribution in [1.29, 1.82) is 0 Å². The Morgan fingerprint density at radius 1 is 0.864 bits per heavy atom. The number of nitrogens with one attached hydrogen (secondary N) is 2. The van der Waals surface area contributed by atoms with Gasteiger partial charge in [0.15, 0.2) is 10.3 Å². The number of hydrogen-bond donors (Lipinski definition) is 2. The molecule has 2 heterocycles. The number of thiazole rings is 2. The van der Waals surface area contributed by atoms with Crippen LogP contribution in [0.15, 0.2) is 23.2 Å². The first-order valence-corrected chi connectivity index (χ1v) is 7.18. The highest BCUT2D eigenvalue weighted by atomic mass is 32.1. The second-order valence-corrected chi connectivity index (χ2v) is 5.52. The number of hydrogen-bond acceptors (Lipinski definition) is 6. The predicted molar refractivity (Wildman–Crippen MR) is 71.4 cm³/mol. The van der Waals surface area contributed by atoms with Gasteiger partial charge in [-0.2, -0.15) is 17.6 Å². The Balaban J connectivity index is 2.14. The highest BCUT2D eigenvalue weighted by Gasteiger charge is 2.67. The highest BCUT2D eigenvalue weighted by Crippen LogP contribution is 2.36. The van der Waals surface area contributed by atoms with Gasteiger partial charge in [-0.3, -0.25) is 20.2 Å². The van der Waals surface area contributed by atoms with Gasteiger partial charge in [0.1, 0.15) is 0 Å². The van der Waals surface area contributed by atoms with E-state index in [9.17, 15) is 27.2 Å². The molecule has 0 saturated carbocycles. The fourth-order valence-electron chi connectivity index (χ4n) is 1.21. The van der Waals surface area contributed by atoms with Gasteiger partial charge in [-0.05, 0) is 0 Å². The van der Waals surface area contributed by atoms with E-state index < -0.39 is 23.7 Å². The first-order valence-electron chi connectivity index (χ1n) is 5.42. The number of halogens is 4. The van der Waals surface area contributed by atoms with Gasteiger partial charge in [0.2, 0.25) is 0 Å². The van der Waals surface area contributed by atoms with E-state index in [1.165, 1.54) is 33.8 Å². The molecule has 2 rings (SSSR count). The number of aromatic nitrogens is 2. The average Bonchev–Trinajstić information content (AvgIpc) is 3.11. The van der Waals surface area contributed by atoms with Gasteiger partial charge in [-0.15, -0.1) is 22.7 Å². The van der Waals surface area contributed by atoms with Gasteiger partial charge in [0.25, 0.3) is 0 Å². The van der Waals surface area contributed by atoms with E-state index in [0.29, 0.717) is 0 Å². The molecule has 0 spiro atoms. The van der Waals surface area contributed by atoms with E-state index in [1.807, 2.05) is 0 Å².